The van der Waals surface area contributed by atoms with Crippen molar-refractivity contribution in [2.75, 3.05) is 32.7 Å². The van der Waals surface area contributed by atoms with Gasteiger partial charge in [0.25, 0.3) is 11.8 Å². The molecule has 6 nitrogen and oxygen atoms in total. The van der Waals surface area contributed by atoms with Gasteiger partial charge in [0.05, 0.1) is 11.7 Å². The summed E-state index contributed by atoms with van der Waals surface area (Å²) in [6.07, 6.45) is 7.74. The standard InChI is InChI=1S/C27H39N3O3/c1-4-28-16-18-29(19-17-28)25-24(21-12-14-23(15-13-21)33-20(2)3)26(31)30(27(25)32)22-10-8-6-5-7-9-11-22/h12-15,20,22H,4-11,16-19H2,1-3H3. The normalized spacial score (nSPS) is 21.7. The van der Waals surface area contributed by atoms with E-state index in [4.69, 9.17) is 4.74 Å². The molecule has 3 aliphatic rings. The Balaban J connectivity index is 1.66. The van der Waals surface area contributed by atoms with Crippen LogP contribution in [0.4, 0.5) is 0 Å². The minimum Gasteiger partial charge on any atom is -0.491 e. The van der Waals surface area contributed by atoms with Gasteiger partial charge < -0.3 is 14.5 Å². The molecule has 0 unspecified atom stereocenters. The second-order valence-corrected chi connectivity index (χ2v) is 9.82. The third-order valence-electron chi connectivity index (χ3n) is 7.18. The summed E-state index contributed by atoms with van der Waals surface area (Å²) in [7, 11) is 0. The average Bonchev–Trinajstić information content (AvgIpc) is 3.04. The fourth-order valence-electron chi connectivity index (χ4n) is 5.37. The van der Waals surface area contributed by atoms with Crippen LogP contribution in [-0.4, -0.2) is 71.4 Å². The summed E-state index contributed by atoms with van der Waals surface area (Å²) in [6.45, 7) is 10.6. The maximum atomic E-state index is 13.8. The SMILES string of the molecule is CCN1CCN(C2=C(c3ccc(OC(C)C)cc3)C(=O)N(C3CCCCCCC3)C2=O)CC1. The topological polar surface area (TPSA) is 53.1 Å². The Morgan fingerprint density at radius 1 is 0.879 bits per heavy atom. The molecular formula is C27H39N3O3. The van der Waals surface area contributed by atoms with Crippen molar-refractivity contribution in [1.82, 2.24) is 14.7 Å². The molecule has 0 bridgehead atoms. The number of likely N-dealkylation sites (N-methyl/N-ethyl adjacent to an activating group) is 1. The van der Waals surface area contributed by atoms with E-state index in [0.29, 0.717) is 11.3 Å². The van der Waals surface area contributed by atoms with Gasteiger partial charge in [-0.2, -0.15) is 0 Å². The van der Waals surface area contributed by atoms with Crippen molar-refractivity contribution in [3.05, 3.63) is 35.5 Å². The Hall–Kier alpha value is -2.34. The molecule has 2 heterocycles. The van der Waals surface area contributed by atoms with Gasteiger partial charge in [-0.3, -0.25) is 14.5 Å². The van der Waals surface area contributed by atoms with Crippen molar-refractivity contribution < 1.29 is 14.3 Å². The van der Waals surface area contributed by atoms with Gasteiger partial charge in [-0.25, -0.2) is 0 Å². The van der Waals surface area contributed by atoms with Crippen molar-refractivity contribution in [3.63, 3.8) is 0 Å². The third kappa shape index (κ3) is 5.26. The van der Waals surface area contributed by atoms with Crippen molar-refractivity contribution >= 4 is 17.4 Å². The predicted molar refractivity (Wildman–Crippen MR) is 131 cm³/mol. The lowest BCUT2D eigenvalue weighted by Crippen LogP contribution is -2.48. The van der Waals surface area contributed by atoms with Crippen LogP contribution in [0.15, 0.2) is 30.0 Å². The zero-order valence-electron chi connectivity index (χ0n) is 20.5. The van der Waals surface area contributed by atoms with Gasteiger partial charge in [0.1, 0.15) is 11.4 Å². The molecule has 2 aliphatic heterocycles. The molecule has 0 atom stereocenters. The lowest BCUT2D eigenvalue weighted by atomic mass is 9.95. The van der Waals surface area contributed by atoms with E-state index in [9.17, 15) is 9.59 Å². The van der Waals surface area contributed by atoms with E-state index in [-0.39, 0.29) is 24.0 Å². The summed E-state index contributed by atoms with van der Waals surface area (Å²) in [5, 5.41) is 0. The van der Waals surface area contributed by atoms with Crippen LogP contribution >= 0.6 is 0 Å². The van der Waals surface area contributed by atoms with E-state index < -0.39 is 0 Å². The molecule has 0 radical (unpaired) electrons. The first-order valence-corrected chi connectivity index (χ1v) is 12.9. The molecule has 0 aromatic heterocycles. The molecule has 1 aromatic rings. The fourth-order valence-corrected chi connectivity index (χ4v) is 5.37. The molecule has 1 aromatic carbocycles. The molecule has 1 aliphatic carbocycles. The number of hydrogen-bond donors (Lipinski definition) is 0. The van der Waals surface area contributed by atoms with Crippen molar-refractivity contribution in [3.8, 4) is 5.75 Å². The number of hydrogen-bond acceptors (Lipinski definition) is 5. The molecule has 2 fully saturated rings. The first-order valence-electron chi connectivity index (χ1n) is 12.9. The summed E-state index contributed by atoms with van der Waals surface area (Å²) in [5.74, 6) is 0.574. The van der Waals surface area contributed by atoms with Crippen LogP contribution in [0.2, 0.25) is 0 Å². The molecule has 180 valence electrons. The smallest absolute Gasteiger partial charge is 0.278 e. The van der Waals surface area contributed by atoms with Crippen LogP contribution in [0.5, 0.6) is 5.75 Å². The van der Waals surface area contributed by atoms with Crippen molar-refractivity contribution in [2.45, 2.75) is 77.9 Å². The monoisotopic (exact) mass is 453 g/mol. The van der Waals surface area contributed by atoms with Gasteiger partial charge >= 0.3 is 0 Å². The van der Waals surface area contributed by atoms with Crippen LogP contribution in [-0.2, 0) is 9.59 Å². The number of amides is 2. The Bertz CT molecular complexity index is 861. The largest absolute Gasteiger partial charge is 0.491 e. The van der Waals surface area contributed by atoms with E-state index in [2.05, 4.69) is 16.7 Å². The zero-order chi connectivity index (χ0) is 23.4. The van der Waals surface area contributed by atoms with E-state index in [1.54, 1.807) is 4.90 Å². The van der Waals surface area contributed by atoms with Crippen LogP contribution in [0.3, 0.4) is 0 Å². The van der Waals surface area contributed by atoms with Crippen LogP contribution in [0, 0.1) is 0 Å². The molecule has 1 saturated carbocycles. The number of carbonyl (C=O) groups is 2. The summed E-state index contributed by atoms with van der Waals surface area (Å²) in [5.41, 5.74) is 1.99. The van der Waals surface area contributed by atoms with Gasteiger partial charge in [0.2, 0.25) is 0 Å². The van der Waals surface area contributed by atoms with Crippen molar-refractivity contribution in [1.29, 1.82) is 0 Å². The minimum absolute atomic E-state index is 0.0123. The Kier molecular flexibility index (Phi) is 7.74. The number of imide groups is 1. The van der Waals surface area contributed by atoms with E-state index >= 15 is 0 Å². The van der Waals surface area contributed by atoms with Gasteiger partial charge in [0.15, 0.2) is 0 Å². The van der Waals surface area contributed by atoms with Gasteiger partial charge in [-0.05, 0) is 50.9 Å². The lowest BCUT2D eigenvalue weighted by molar-refractivity contribution is -0.140. The zero-order valence-corrected chi connectivity index (χ0v) is 20.5. The highest BCUT2D eigenvalue weighted by Gasteiger charge is 2.45. The van der Waals surface area contributed by atoms with Gasteiger partial charge in [-0.1, -0.05) is 51.2 Å². The number of carbonyl (C=O) groups excluding carboxylic acids is 2. The van der Waals surface area contributed by atoms with E-state index in [0.717, 1.165) is 69.7 Å². The fraction of sp³-hybridized carbons (Fsp3) is 0.630. The number of ether oxygens (including phenoxy) is 1. The number of piperazine rings is 1. The Morgan fingerprint density at radius 3 is 2.06 bits per heavy atom. The Labute approximate surface area is 198 Å². The average molecular weight is 454 g/mol. The van der Waals surface area contributed by atoms with Gasteiger partial charge in [0, 0.05) is 32.2 Å². The lowest BCUT2D eigenvalue weighted by Gasteiger charge is -2.36. The molecule has 2 amide bonds. The summed E-state index contributed by atoms with van der Waals surface area (Å²) in [6, 6.07) is 7.69. The maximum absolute atomic E-state index is 13.8. The second kappa shape index (κ2) is 10.7. The first kappa shape index (κ1) is 23.8. The van der Waals surface area contributed by atoms with Crippen LogP contribution < -0.4 is 4.74 Å². The summed E-state index contributed by atoms with van der Waals surface area (Å²) < 4.78 is 5.79. The summed E-state index contributed by atoms with van der Waals surface area (Å²) >= 11 is 0. The molecule has 0 N–H and O–H groups in total. The molecule has 0 spiro atoms. The number of nitrogens with zero attached hydrogens (tertiary/aromatic N) is 3. The third-order valence-corrected chi connectivity index (χ3v) is 7.18. The molecule has 33 heavy (non-hydrogen) atoms. The maximum Gasteiger partial charge on any atom is 0.278 e. The number of rotatable bonds is 6. The molecule has 6 heteroatoms. The first-order chi connectivity index (χ1) is 16.0. The highest BCUT2D eigenvalue weighted by molar-refractivity contribution is 6.35. The number of benzene rings is 1. The van der Waals surface area contributed by atoms with Crippen molar-refractivity contribution in [2.24, 2.45) is 0 Å². The van der Waals surface area contributed by atoms with Crippen LogP contribution in [0.25, 0.3) is 5.57 Å². The quantitative estimate of drug-likeness (QED) is 0.601. The summed E-state index contributed by atoms with van der Waals surface area (Å²) in [4.78, 5) is 33.8. The minimum atomic E-state index is -0.115. The molecule has 4 rings (SSSR count). The van der Waals surface area contributed by atoms with E-state index in [1.165, 1.54) is 19.3 Å². The second-order valence-electron chi connectivity index (χ2n) is 9.82. The predicted octanol–water partition coefficient (Wildman–Crippen LogP) is 4.30. The highest BCUT2D eigenvalue weighted by atomic mass is 16.5. The molecular weight excluding hydrogens is 414 g/mol. The van der Waals surface area contributed by atoms with Crippen LogP contribution in [0.1, 0.15) is 71.3 Å². The highest BCUT2D eigenvalue weighted by Crippen LogP contribution is 2.36. The Morgan fingerprint density at radius 2 is 1.48 bits per heavy atom. The van der Waals surface area contributed by atoms with E-state index in [1.807, 2.05) is 38.1 Å². The molecule has 1 saturated heterocycles. The van der Waals surface area contributed by atoms with Gasteiger partial charge in [-0.15, -0.1) is 0 Å².